The first-order valence-corrected chi connectivity index (χ1v) is 15.6. The van der Waals surface area contributed by atoms with Crippen LogP contribution in [0.3, 0.4) is 0 Å². The van der Waals surface area contributed by atoms with Crippen molar-refractivity contribution in [2.75, 3.05) is 0 Å². The molecule has 0 saturated carbocycles. The molecule has 0 spiro atoms. The Morgan fingerprint density at radius 2 is 1.22 bits per heavy atom. The maximum Gasteiger partial charge on any atom is 0.164 e. The third kappa shape index (κ3) is 4.49. The summed E-state index contributed by atoms with van der Waals surface area (Å²) < 4.78 is 6.46. The third-order valence-corrected chi connectivity index (χ3v) is 9.07. The normalized spacial score (nSPS) is 13.9. The summed E-state index contributed by atoms with van der Waals surface area (Å²) in [5.41, 5.74) is 10.1. The zero-order valence-corrected chi connectivity index (χ0v) is 24.7. The minimum absolute atomic E-state index is 0.645. The quantitative estimate of drug-likeness (QED) is 0.210. The van der Waals surface area contributed by atoms with Gasteiger partial charge in [-0.15, -0.1) is 0 Å². The second-order valence-corrected chi connectivity index (χ2v) is 11.8. The Kier molecular flexibility index (Phi) is 6.05. The Morgan fingerprint density at radius 1 is 0.556 bits per heavy atom. The van der Waals surface area contributed by atoms with Crippen molar-refractivity contribution in [2.45, 2.75) is 25.7 Å². The van der Waals surface area contributed by atoms with Gasteiger partial charge in [-0.05, 0) is 89.1 Å². The molecule has 0 amide bonds. The van der Waals surface area contributed by atoms with E-state index in [4.69, 9.17) is 19.4 Å². The summed E-state index contributed by atoms with van der Waals surface area (Å²) >= 11 is 0. The second-order valence-electron chi connectivity index (χ2n) is 11.8. The number of hydrogen-bond donors (Lipinski definition) is 0. The molecular weight excluding hydrogens is 550 g/mol. The number of aromatic nitrogens is 3. The van der Waals surface area contributed by atoms with Crippen LogP contribution in [0.15, 0.2) is 120 Å². The van der Waals surface area contributed by atoms with E-state index in [0.29, 0.717) is 17.5 Å². The van der Waals surface area contributed by atoms with Gasteiger partial charge in [-0.25, -0.2) is 15.0 Å². The van der Waals surface area contributed by atoms with Crippen LogP contribution in [0.2, 0.25) is 0 Å². The highest BCUT2D eigenvalue weighted by Gasteiger charge is 2.18. The summed E-state index contributed by atoms with van der Waals surface area (Å²) in [4.78, 5) is 14.8. The SMILES string of the molecule is C1=Cc2ccc3ccc(C4=c5c(oc6ccc(-c7nc(-c8ccccc8)nc(-c8ccccc8)n7)cc56)=CCC4)cc3c2CC1. The van der Waals surface area contributed by atoms with Crippen LogP contribution in [0.4, 0.5) is 0 Å². The molecule has 2 aromatic heterocycles. The van der Waals surface area contributed by atoms with Crippen LogP contribution in [0.25, 0.3) is 73.6 Å². The third-order valence-electron chi connectivity index (χ3n) is 9.07. The number of hydrogen-bond acceptors (Lipinski definition) is 4. The van der Waals surface area contributed by atoms with Crippen molar-refractivity contribution in [1.29, 1.82) is 0 Å². The molecule has 0 saturated heterocycles. The number of aryl methyl sites for hydroxylation is 1. The Balaban J connectivity index is 1.25. The molecule has 45 heavy (non-hydrogen) atoms. The maximum absolute atomic E-state index is 6.46. The van der Waals surface area contributed by atoms with Gasteiger partial charge in [0.05, 0.1) is 0 Å². The molecule has 2 aliphatic rings. The van der Waals surface area contributed by atoms with Crippen LogP contribution in [-0.4, -0.2) is 15.0 Å². The number of benzene rings is 5. The van der Waals surface area contributed by atoms with Crippen LogP contribution in [0, 0.1) is 0 Å². The standard InChI is InChI=1S/C41H29N3O/c1-3-11-28(12-4-1)39-42-40(29-13-5-2-6-14-29)44-41(43-39)31-22-23-36-35(25-31)38-33(16-9-17-37(38)45-36)30-21-20-27-19-18-26-10-7-8-15-32(26)34(27)24-30/h1-7,10-14,17-25H,8-9,15-16H2. The van der Waals surface area contributed by atoms with E-state index in [1.54, 1.807) is 0 Å². The van der Waals surface area contributed by atoms with Crippen molar-refractivity contribution in [3.05, 3.63) is 143 Å². The van der Waals surface area contributed by atoms with Gasteiger partial charge < -0.3 is 4.42 Å². The van der Waals surface area contributed by atoms with Gasteiger partial charge in [0.15, 0.2) is 17.5 Å². The molecule has 0 bridgehead atoms. The van der Waals surface area contributed by atoms with Crippen molar-refractivity contribution < 1.29 is 4.42 Å². The summed E-state index contributed by atoms with van der Waals surface area (Å²) in [7, 11) is 0. The topological polar surface area (TPSA) is 51.8 Å². The molecule has 214 valence electrons. The predicted molar refractivity (Wildman–Crippen MR) is 183 cm³/mol. The predicted octanol–water partition coefficient (Wildman–Crippen LogP) is 8.50. The Bertz CT molecular complexity index is 2360. The Labute approximate surface area is 260 Å². The average Bonchev–Trinajstić information content (AvgIpc) is 3.50. The van der Waals surface area contributed by atoms with Gasteiger partial charge in [0.1, 0.15) is 11.0 Å². The highest BCUT2D eigenvalue weighted by Crippen LogP contribution is 2.32. The number of allylic oxidation sites excluding steroid dienone is 1. The summed E-state index contributed by atoms with van der Waals surface area (Å²) in [5.74, 6) is 1.96. The van der Waals surface area contributed by atoms with Crippen molar-refractivity contribution in [3.63, 3.8) is 0 Å². The summed E-state index contributed by atoms with van der Waals surface area (Å²) in [6.07, 6.45) is 10.9. The molecule has 0 unspecified atom stereocenters. The Hall–Kier alpha value is -5.61. The zero-order valence-electron chi connectivity index (χ0n) is 24.7. The van der Waals surface area contributed by atoms with Crippen LogP contribution >= 0.6 is 0 Å². The molecular formula is C41H29N3O. The van der Waals surface area contributed by atoms with E-state index in [1.165, 1.54) is 38.3 Å². The van der Waals surface area contributed by atoms with Gasteiger partial charge in [0.25, 0.3) is 0 Å². The average molecular weight is 580 g/mol. The maximum atomic E-state index is 6.46. The fraction of sp³-hybridized carbons (Fsp3) is 0.0976. The van der Waals surface area contributed by atoms with Crippen LogP contribution in [0.5, 0.6) is 0 Å². The lowest BCUT2D eigenvalue weighted by Crippen LogP contribution is -2.26. The molecule has 0 aliphatic heterocycles. The lowest BCUT2D eigenvalue weighted by atomic mass is 9.88. The zero-order chi connectivity index (χ0) is 29.7. The molecule has 9 rings (SSSR count). The van der Waals surface area contributed by atoms with Gasteiger partial charge in [0.2, 0.25) is 0 Å². The first-order chi connectivity index (χ1) is 22.3. The fourth-order valence-electron chi connectivity index (χ4n) is 6.87. The number of fused-ring (bicyclic) bond motifs is 6. The van der Waals surface area contributed by atoms with Gasteiger partial charge >= 0.3 is 0 Å². The summed E-state index contributed by atoms with van der Waals surface area (Å²) in [5, 5.41) is 4.93. The van der Waals surface area contributed by atoms with Crippen LogP contribution < -0.4 is 10.6 Å². The van der Waals surface area contributed by atoms with Gasteiger partial charge in [-0.1, -0.05) is 97.1 Å². The molecule has 7 aromatic rings. The molecule has 2 heterocycles. The highest BCUT2D eigenvalue weighted by molar-refractivity contribution is 5.94. The van der Waals surface area contributed by atoms with E-state index in [0.717, 1.165) is 58.8 Å². The lowest BCUT2D eigenvalue weighted by molar-refractivity contribution is 0.571. The molecule has 0 N–H and O–H groups in total. The molecule has 4 nitrogen and oxygen atoms in total. The minimum Gasteiger partial charge on any atom is -0.456 e. The molecule has 0 atom stereocenters. The van der Waals surface area contributed by atoms with Gasteiger partial charge in [-0.3, -0.25) is 0 Å². The molecule has 0 radical (unpaired) electrons. The van der Waals surface area contributed by atoms with Crippen LogP contribution in [-0.2, 0) is 6.42 Å². The van der Waals surface area contributed by atoms with E-state index in [9.17, 15) is 0 Å². The van der Waals surface area contributed by atoms with E-state index >= 15 is 0 Å². The van der Waals surface area contributed by atoms with Gasteiger partial charge in [0, 0.05) is 27.3 Å². The first-order valence-electron chi connectivity index (χ1n) is 15.6. The lowest BCUT2D eigenvalue weighted by Gasteiger charge is -2.16. The van der Waals surface area contributed by atoms with Gasteiger partial charge in [-0.2, -0.15) is 0 Å². The van der Waals surface area contributed by atoms with E-state index in [2.05, 4.69) is 66.8 Å². The molecule has 5 aromatic carbocycles. The minimum atomic E-state index is 0.645. The number of furan rings is 1. The molecule has 4 heteroatoms. The summed E-state index contributed by atoms with van der Waals surface area (Å²) in [6.45, 7) is 0. The second kappa shape index (κ2) is 10.5. The van der Waals surface area contributed by atoms with Crippen molar-refractivity contribution in [2.24, 2.45) is 0 Å². The molecule has 2 aliphatic carbocycles. The van der Waals surface area contributed by atoms with Crippen molar-refractivity contribution >= 4 is 39.5 Å². The highest BCUT2D eigenvalue weighted by atomic mass is 16.3. The van der Waals surface area contributed by atoms with E-state index in [1.807, 2.05) is 60.7 Å². The Morgan fingerprint density at radius 3 is 1.98 bits per heavy atom. The smallest absolute Gasteiger partial charge is 0.164 e. The van der Waals surface area contributed by atoms with Crippen molar-refractivity contribution in [3.8, 4) is 34.2 Å². The van der Waals surface area contributed by atoms with E-state index < -0.39 is 0 Å². The number of nitrogens with zero attached hydrogens (tertiary/aromatic N) is 3. The monoisotopic (exact) mass is 579 g/mol. The van der Waals surface area contributed by atoms with Crippen molar-refractivity contribution in [1.82, 2.24) is 15.0 Å². The summed E-state index contributed by atoms with van der Waals surface area (Å²) in [6, 6.07) is 38.0. The first kappa shape index (κ1) is 25.8. The van der Waals surface area contributed by atoms with Crippen LogP contribution in [0.1, 0.15) is 36.0 Å². The number of rotatable bonds is 4. The largest absolute Gasteiger partial charge is 0.456 e. The fourth-order valence-corrected chi connectivity index (χ4v) is 6.87. The van der Waals surface area contributed by atoms with E-state index in [-0.39, 0.29) is 0 Å². The molecule has 0 fully saturated rings.